The lowest BCUT2D eigenvalue weighted by Gasteiger charge is -2.10. The van der Waals surface area contributed by atoms with Gasteiger partial charge in [0.1, 0.15) is 18.1 Å². The number of carbonyl (C=O) groups excluding carboxylic acids is 1. The molecule has 0 spiro atoms. The molecular weight excluding hydrogens is 304 g/mol. The Labute approximate surface area is 138 Å². The van der Waals surface area contributed by atoms with E-state index in [1.165, 1.54) is 0 Å². The molecule has 3 aromatic rings. The van der Waals surface area contributed by atoms with Crippen LogP contribution in [0.25, 0.3) is 27.7 Å². The zero-order valence-electron chi connectivity index (χ0n) is 12.9. The summed E-state index contributed by atoms with van der Waals surface area (Å²) in [6.45, 7) is 0. The number of aromatic nitrogens is 3. The molecule has 6 heteroatoms. The van der Waals surface area contributed by atoms with E-state index >= 15 is 0 Å². The van der Waals surface area contributed by atoms with E-state index in [1.807, 2.05) is 24.4 Å². The first-order valence-electron chi connectivity index (χ1n) is 7.75. The number of nitrogens with zero attached hydrogens (tertiary/aromatic N) is 2. The van der Waals surface area contributed by atoms with Gasteiger partial charge in [-0.05, 0) is 11.1 Å². The second-order valence-electron chi connectivity index (χ2n) is 5.74. The molecule has 6 nitrogen and oxygen atoms in total. The van der Waals surface area contributed by atoms with Crippen molar-refractivity contribution < 1.29 is 9.53 Å². The lowest BCUT2D eigenvalue weighted by atomic mass is 10.0. The van der Waals surface area contributed by atoms with Crippen LogP contribution in [0.1, 0.15) is 18.5 Å². The molecule has 0 bridgehead atoms. The first kappa shape index (κ1) is 14.4. The number of primary amides is 1. The molecule has 1 aliphatic rings. The smallest absolute Gasteiger partial charge is 0.404 e. The minimum Gasteiger partial charge on any atom is -0.446 e. The van der Waals surface area contributed by atoms with Crippen molar-refractivity contribution in [3.05, 3.63) is 54.6 Å². The third-order valence-corrected chi connectivity index (χ3v) is 4.22. The molecule has 1 aliphatic carbocycles. The molecule has 2 heterocycles. The van der Waals surface area contributed by atoms with Crippen LogP contribution in [-0.4, -0.2) is 27.1 Å². The van der Waals surface area contributed by atoms with Crippen molar-refractivity contribution in [1.82, 2.24) is 15.0 Å². The lowest BCUT2D eigenvalue weighted by Crippen LogP contribution is -2.20. The summed E-state index contributed by atoms with van der Waals surface area (Å²) in [5, 5.41) is 0.981. The van der Waals surface area contributed by atoms with Crippen molar-refractivity contribution in [2.24, 2.45) is 5.73 Å². The van der Waals surface area contributed by atoms with Gasteiger partial charge in [0.2, 0.25) is 0 Å². The number of fused-ring (bicyclic) bond motifs is 1. The van der Waals surface area contributed by atoms with E-state index in [2.05, 4.69) is 33.2 Å². The normalized spacial score (nSPS) is 17.0. The number of H-pyrrole nitrogens is 1. The Kier molecular flexibility index (Phi) is 3.49. The molecule has 0 fully saturated rings. The van der Waals surface area contributed by atoms with E-state index in [-0.39, 0.29) is 6.10 Å². The van der Waals surface area contributed by atoms with Gasteiger partial charge in [-0.2, -0.15) is 0 Å². The number of benzene rings is 1. The lowest BCUT2D eigenvalue weighted by molar-refractivity contribution is 0.114. The Bertz CT molecular complexity index is 931. The number of hydrogen-bond acceptors (Lipinski definition) is 4. The molecule has 1 atom stereocenters. The Hall–Kier alpha value is -3.15. The summed E-state index contributed by atoms with van der Waals surface area (Å²) in [5.74, 6) is 0. The summed E-state index contributed by atoms with van der Waals surface area (Å²) in [5.41, 5.74) is 9.98. The second kappa shape index (κ2) is 5.81. The van der Waals surface area contributed by atoms with Gasteiger partial charge < -0.3 is 15.5 Å². The Morgan fingerprint density at radius 3 is 2.88 bits per heavy atom. The monoisotopic (exact) mass is 320 g/mol. The molecule has 3 N–H and O–H groups in total. The van der Waals surface area contributed by atoms with Gasteiger partial charge in [0.05, 0.1) is 11.1 Å². The molecule has 0 radical (unpaired) electrons. The van der Waals surface area contributed by atoms with Crippen LogP contribution in [0.2, 0.25) is 0 Å². The largest absolute Gasteiger partial charge is 0.446 e. The van der Waals surface area contributed by atoms with E-state index in [1.54, 1.807) is 6.33 Å². The summed E-state index contributed by atoms with van der Waals surface area (Å²) in [7, 11) is 0. The van der Waals surface area contributed by atoms with Gasteiger partial charge in [0.15, 0.2) is 0 Å². The van der Waals surface area contributed by atoms with Gasteiger partial charge in [-0.3, -0.25) is 0 Å². The zero-order valence-corrected chi connectivity index (χ0v) is 12.9. The predicted octanol–water partition coefficient (Wildman–Crippen LogP) is 3.27. The van der Waals surface area contributed by atoms with Crippen molar-refractivity contribution in [1.29, 1.82) is 0 Å². The SMILES string of the molecule is NC(=O)OC1CC=C(c2ncnc3[nH]cc(-c4ccccc4)c23)C1. The third-order valence-electron chi connectivity index (χ3n) is 4.22. The van der Waals surface area contributed by atoms with Crippen LogP contribution in [0.15, 0.2) is 48.9 Å². The van der Waals surface area contributed by atoms with E-state index in [9.17, 15) is 4.79 Å². The van der Waals surface area contributed by atoms with Crippen molar-refractivity contribution >= 4 is 22.7 Å². The Balaban J connectivity index is 1.77. The molecule has 0 saturated heterocycles. The predicted molar refractivity (Wildman–Crippen MR) is 91.0 cm³/mol. The summed E-state index contributed by atoms with van der Waals surface area (Å²) in [6, 6.07) is 10.1. The Morgan fingerprint density at radius 2 is 2.08 bits per heavy atom. The highest BCUT2D eigenvalue weighted by Crippen LogP contribution is 2.36. The van der Waals surface area contributed by atoms with Gasteiger partial charge >= 0.3 is 6.09 Å². The first-order chi connectivity index (χ1) is 11.7. The van der Waals surface area contributed by atoms with E-state index in [4.69, 9.17) is 10.5 Å². The standard InChI is InChI=1S/C18H16N4O2/c19-18(23)24-13-7-6-12(8-13)16-15-14(11-4-2-1-3-5-11)9-20-17(15)22-10-21-16/h1-6,9-10,13H,7-8H2,(H2,19,23)(H,20,21,22). The van der Waals surface area contributed by atoms with Gasteiger partial charge in [-0.25, -0.2) is 14.8 Å². The van der Waals surface area contributed by atoms with Gasteiger partial charge in [0.25, 0.3) is 0 Å². The van der Waals surface area contributed by atoms with Crippen molar-refractivity contribution in [2.75, 3.05) is 0 Å². The molecule has 120 valence electrons. The fourth-order valence-corrected chi connectivity index (χ4v) is 3.18. The number of ether oxygens (including phenoxy) is 1. The maximum Gasteiger partial charge on any atom is 0.404 e. The number of rotatable bonds is 3. The maximum atomic E-state index is 11.0. The summed E-state index contributed by atoms with van der Waals surface area (Å²) >= 11 is 0. The van der Waals surface area contributed by atoms with Gasteiger partial charge in [-0.1, -0.05) is 36.4 Å². The highest BCUT2D eigenvalue weighted by Gasteiger charge is 2.24. The number of amides is 1. The van der Waals surface area contributed by atoms with Crippen LogP contribution >= 0.6 is 0 Å². The molecule has 2 aromatic heterocycles. The number of carbonyl (C=O) groups is 1. The third kappa shape index (κ3) is 2.52. The topological polar surface area (TPSA) is 93.9 Å². The molecule has 1 amide bonds. The van der Waals surface area contributed by atoms with Crippen LogP contribution in [0.4, 0.5) is 4.79 Å². The molecule has 24 heavy (non-hydrogen) atoms. The second-order valence-corrected chi connectivity index (χ2v) is 5.74. The van der Waals surface area contributed by atoms with Crippen LogP contribution in [0.3, 0.4) is 0 Å². The van der Waals surface area contributed by atoms with E-state index in [0.29, 0.717) is 12.8 Å². The van der Waals surface area contributed by atoms with Crippen molar-refractivity contribution in [3.63, 3.8) is 0 Å². The van der Waals surface area contributed by atoms with Crippen LogP contribution < -0.4 is 5.73 Å². The maximum absolute atomic E-state index is 11.0. The van der Waals surface area contributed by atoms with Crippen molar-refractivity contribution in [2.45, 2.75) is 18.9 Å². The molecule has 1 unspecified atom stereocenters. The van der Waals surface area contributed by atoms with Gasteiger partial charge in [0, 0.05) is 24.6 Å². The van der Waals surface area contributed by atoms with Crippen LogP contribution in [0, 0.1) is 0 Å². The summed E-state index contributed by atoms with van der Waals surface area (Å²) in [6.07, 6.45) is 5.84. The number of aromatic amines is 1. The molecule has 1 aromatic carbocycles. The van der Waals surface area contributed by atoms with Crippen LogP contribution in [0.5, 0.6) is 0 Å². The fourth-order valence-electron chi connectivity index (χ4n) is 3.18. The average Bonchev–Trinajstić information content (AvgIpc) is 3.21. The van der Waals surface area contributed by atoms with E-state index in [0.717, 1.165) is 33.4 Å². The van der Waals surface area contributed by atoms with E-state index < -0.39 is 6.09 Å². The molecule has 0 saturated carbocycles. The zero-order chi connectivity index (χ0) is 16.5. The van der Waals surface area contributed by atoms with Gasteiger partial charge in [-0.15, -0.1) is 0 Å². The number of nitrogens with one attached hydrogen (secondary N) is 1. The minimum absolute atomic E-state index is 0.221. The number of nitrogens with two attached hydrogens (primary N) is 1. The molecular formula is C18H16N4O2. The molecule has 0 aliphatic heterocycles. The quantitative estimate of drug-likeness (QED) is 0.774. The van der Waals surface area contributed by atoms with Crippen LogP contribution in [-0.2, 0) is 4.74 Å². The van der Waals surface area contributed by atoms with Crippen molar-refractivity contribution in [3.8, 4) is 11.1 Å². The average molecular weight is 320 g/mol. The summed E-state index contributed by atoms with van der Waals surface area (Å²) in [4.78, 5) is 23.0. The first-order valence-corrected chi connectivity index (χ1v) is 7.75. The fraction of sp³-hybridized carbons (Fsp3) is 0.167. The highest BCUT2D eigenvalue weighted by molar-refractivity contribution is 6.00. The summed E-state index contributed by atoms with van der Waals surface area (Å²) < 4.78 is 5.11. The molecule has 4 rings (SSSR count). The Morgan fingerprint density at radius 1 is 1.25 bits per heavy atom. The highest BCUT2D eigenvalue weighted by atomic mass is 16.6. The number of hydrogen-bond donors (Lipinski definition) is 2. The minimum atomic E-state index is -0.742.